The molecular weight excluding hydrogens is 200 g/mol. The Morgan fingerprint density at radius 2 is 2.06 bits per heavy atom. The molecule has 0 aromatic heterocycles. The Labute approximate surface area is 97.2 Å². The van der Waals surface area contributed by atoms with Crippen LogP contribution < -0.4 is 5.73 Å². The molecule has 1 unspecified atom stereocenters. The van der Waals surface area contributed by atoms with E-state index in [9.17, 15) is 0 Å². The van der Waals surface area contributed by atoms with Crippen molar-refractivity contribution < 1.29 is 4.74 Å². The molecule has 0 spiro atoms. The number of hydrogen-bond acceptors (Lipinski definition) is 3. The number of rotatable bonds is 3. The smallest absolute Gasteiger partial charge is 0.110 e. The second-order valence-corrected chi connectivity index (χ2v) is 4.48. The van der Waals surface area contributed by atoms with Gasteiger partial charge in [0.25, 0.3) is 0 Å². The van der Waals surface area contributed by atoms with Gasteiger partial charge in [-0.3, -0.25) is 4.90 Å². The fourth-order valence-corrected chi connectivity index (χ4v) is 2.08. The third-order valence-corrected chi connectivity index (χ3v) is 3.06. The number of benzene rings is 1. The van der Waals surface area contributed by atoms with Gasteiger partial charge in [-0.25, -0.2) is 0 Å². The van der Waals surface area contributed by atoms with Gasteiger partial charge < -0.3 is 10.5 Å². The Morgan fingerprint density at radius 3 is 2.69 bits per heavy atom. The highest BCUT2D eigenvalue weighted by atomic mass is 16.5. The number of nitrogens with zero attached hydrogens (tertiary/aromatic N) is 1. The first kappa shape index (κ1) is 11.4. The first-order valence-electron chi connectivity index (χ1n) is 5.92. The van der Waals surface area contributed by atoms with E-state index < -0.39 is 0 Å². The van der Waals surface area contributed by atoms with Gasteiger partial charge in [-0.15, -0.1) is 0 Å². The van der Waals surface area contributed by atoms with Crippen LogP contribution in [0.5, 0.6) is 0 Å². The lowest BCUT2D eigenvalue weighted by molar-refractivity contribution is -0.0784. The summed E-state index contributed by atoms with van der Waals surface area (Å²) in [7, 11) is 2.12. The van der Waals surface area contributed by atoms with E-state index in [1.54, 1.807) is 0 Å². The SMILES string of the molecule is CN(Cc1ccc(N)cc1)C1CCCCO1. The van der Waals surface area contributed by atoms with E-state index in [1.165, 1.54) is 18.4 Å². The van der Waals surface area contributed by atoms with Crippen LogP contribution in [0, 0.1) is 0 Å². The zero-order valence-corrected chi connectivity index (χ0v) is 9.86. The van der Waals surface area contributed by atoms with Crippen LogP contribution in [0.1, 0.15) is 24.8 Å². The van der Waals surface area contributed by atoms with Gasteiger partial charge in [0.2, 0.25) is 0 Å². The fraction of sp³-hybridized carbons (Fsp3) is 0.538. The molecule has 1 aromatic rings. The van der Waals surface area contributed by atoms with Crippen LogP contribution in [-0.2, 0) is 11.3 Å². The maximum absolute atomic E-state index is 5.74. The number of hydrogen-bond donors (Lipinski definition) is 1. The molecule has 88 valence electrons. The summed E-state index contributed by atoms with van der Waals surface area (Å²) in [6.45, 7) is 1.82. The van der Waals surface area contributed by atoms with E-state index in [4.69, 9.17) is 10.5 Å². The maximum Gasteiger partial charge on any atom is 0.110 e. The lowest BCUT2D eigenvalue weighted by atomic mass is 10.1. The summed E-state index contributed by atoms with van der Waals surface area (Å²) in [5.74, 6) is 0. The van der Waals surface area contributed by atoms with Crippen molar-refractivity contribution in [1.82, 2.24) is 4.90 Å². The van der Waals surface area contributed by atoms with Gasteiger partial charge in [-0.1, -0.05) is 12.1 Å². The molecule has 1 aliphatic rings. The van der Waals surface area contributed by atoms with Crippen molar-refractivity contribution in [2.24, 2.45) is 0 Å². The number of nitrogen functional groups attached to an aromatic ring is 1. The molecule has 0 amide bonds. The van der Waals surface area contributed by atoms with Crippen molar-refractivity contribution in [3.8, 4) is 0 Å². The molecule has 3 nitrogen and oxygen atoms in total. The van der Waals surface area contributed by atoms with E-state index in [2.05, 4.69) is 24.1 Å². The molecule has 0 saturated carbocycles. The van der Waals surface area contributed by atoms with Gasteiger partial charge in [0.15, 0.2) is 0 Å². The Bertz CT molecular complexity index is 317. The molecule has 1 aliphatic heterocycles. The van der Waals surface area contributed by atoms with E-state index in [1.807, 2.05) is 12.1 Å². The lowest BCUT2D eigenvalue weighted by Gasteiger charge is -2.31. The van der Waals surface area contributed by atoms with Gasteiger partial charge in [0.05, 0.1) is 0 Å². The molecule has 1 aromatic carbocycles. The Morgan fingerprint density at radius 1 is 1.31 bits per heavy atom. The van der Waals surface area contributed by atoms with E-state index in [-0.39, 0.29) is 6.23 Å². The second kappa shape index (κ2) is 5.32. The van der Waals surface area contributed by atoms with Crippen LogP contribution in [-0.4, -0.2) is 24.8 Å². The van der Waals surface area contributed by atoms with Crippen molar-refractivity contribution in [2.75, 3.05) is 19.4 Å². The predicted octanol–water partition coefficient (Wildman–Crippen LogP) is 2.23. The molecular formula is C13H20N2O. The highest BCUT2D eigenvalue weighted by Crippen LogP contribution is 2.17. The molecule has 2 N–H and O–H groups in total. The second-order valence-electron chi connectivity index (χ2n) is 4.48. The van der Waals surface area contributed by atoms with Crippen LogP contribution in [0.4, 0.5) is 5.69 Å². The van der Waals surface area contributed by atoms with Crippen molar-refractivity contribution in [3.63, 3.8) is 0 Å². The minimum Gasteiger partial charge on any atom is -0.399 e. The fourth-order valence-electron chi connectivity index (χ4n) is 2.08. The standard InChI is InChI=1S/C13H20N2O/c1-15(13-4-2-3-9-16-13)10-11-5-7-12(14)8-6-11/h5-8,13H,2-4,9-10,14H2,1H3. The van der Waals surface area contributed by atoms with Crippen molar-refractivity contribution >= 4 is 5.69 Å². The highest BCUT2D eigenvalue weighted by molar-refractivity contribution is 5.39. The molecule has 3 heteroatoms. The van der Waals surface area contributed by atoms with Crippen molar-refractivity contribution in [3.05, 3.63) is 29.8 Å². The van der Waals surface area contributed by atoms with Gasteiger partial charge in [0, 0.05) is 18.8 Å². The summed E-state index contributed by atoms with van der Waals surface area (Å²) >= 11 is 0. The van der Waals surface area contributed by atoms with Crippen LogP contribution in [0.15, 0.2) is 24.3 Å². The Balaban J connectivity index is 1.90. The lowest BCUT2D eigenvalue weighted by Crippen LogP contribution is -2.36. The quantitative estimate of drug-likeness (QED) is 0.794. The Hall–Kier alpha value is -1.06. The highest BCUT2D eigenvalue weighted by Gasteiger charge is 2.18. The molecule has 1 fully saturated rings. The zero-order chi connectivity index (χ0) is 11.4. The molecule has 1 atom stereocenters. The summed E-state index contributed by atoms with van der Waals surface area (Å²) in [6, 6.07) is 8.05. The molecule has 16 heavy (non-hydrogen) atoms. The average Bonchev–Trinajstić information content (AvgIpc) is 2.33. The van der Waals surface area contributed by atoms with Crippen LogP contribution in [0.3, 0.4) is 0 Å². The van der Waals surface area contributed by atoms with Gasteiger partial charge in [0.1, 0.15) is 6.23 Å². The van der Waals surface area contributed by atoms with E-state index >= 15 is 0 Å². The maximum atomic E-state index is 5.74. The molecule has 0 bridgehead atoms. The van der Waals surface area contributed by atoms with Crippen molar-refractivity contribution in [2.45, 2.75) is 32.0 Å². The first-order chi connectivity index (χ1) is 7.75. The number of ether oxygens (including phenoxy) is 1. The van der Waals surface area contributed by atoms with E-state index in [0.717, 1.165) is 25.3 Å². The topological polar surface area (TPSA) is 38.5 Å². The van der Waals surface area contributed by atoms with Crippen LogP contribution >= 0.6 is 0 Å². The molecule has 1 saturated heterocycles. The molecule has 1 heterocycles. The largest absolute Gasteiger partial charge is 0.399 e. The average molecular weight is 220 g/mol. The third kappa shape index (κ3) is 2.97. The molecule has 0 aliphatic carbocycles. The Kier molecular flexibility index (Phi) is 3.80. The van der Waals surface area contributed by atoms with E-state index in [0.29, 0.717) is 0 Å². The zero-order valence-electron chi connectivity index (χ0n) is 9.86. The molecule has 0 radical (unpaired) electrons. The summed E-state index contributed by atoms with van der Waals surface area (Å²) in [6.07, 6.45) is 3.90. The summed E-state index contributed by atoms with van der Waals surface area (Å²) in [5.41, 5.74) is 7.76. The summed E-state index contributed by atoms with van der Waals surface area (Å²) < 4.78 is 5.74. The van der Waals surface area contributed by atoms with Gasteiger partial charge >= 0.3 is 0 Å². The normalized spacial score (nSPS) is 21.2. The van der Waals surface area contributed by atoms with Crippen LogP contribution in [0.2, 0.25) is 0 Å². The van der Waals surface area contributed by atoms with Gasteiger partial charge in [-0.2, -0.15) is 0 Å². The number of anilines is 1. The van der Waals surface area contributed by atoms with Crippen molar-refractivity contribution in [1.29, 1.82) is 0 Å². The third-order valence-electron chi connectivity index (χ3n) is 3.06. The minimum absolute atomic E-state index is 0.284. The summed E-state index contributed by atoms with van der Waals surface area (Å²) in [4.78, 5) is 2.27. The monoisotopic (exact) mass is 220 g/mol. The summed E-state index contributed by atoms with van der Waals surface area (Å²) in [5, 5.41) is 0. The van der Waals surface area contributed by atoms with Gasteiger partial charge in [-0.05, 0) is 44.0 Å². The molecule has 2 rings (SSSR count). The minimum atomic E-state index is 0.284. The first-order valence-corrected chi connectivity index (χ1v) is 5.92. The predicted molar refractivity (Wildman–Crippen MR) is 65.9 cm³/mol. The van der Waals surface area contributed by atoms with Crippen LogP contribution in [0.25, 0.3) is 0 Å². The number of nitrogens with two attached hydrogens (primary N) is 1.